The van der Waals surface area contributed by atoms with E-state index in [0.717, 1.165) is 28.8 Å². The van der Waals surface area contributed by atoms with Gasteiger partial charge in [-0.25, -0.2) is 9.37 Å². The lowest BCUT2D eigenvalue weighted by Gasteiger charge is -2.36. The van der Waals surface area contributed by atoms with Crippen molar-refractivity contribution in [1.29, 1.82) is 0 Å². The second-order valence-corrected chi connectivity index (χ2v) is 7.89. The van der Waals surface area contributed by atoms with Gasteiger partial charge in [0, 0.05) is 54.7 Å². The highest BCUT2D eigenvalue weighted by molar-refractivity contribution is 9.10. The minimum absolute atomic E-state index is 0.104. The molecule has 7 heteroatoms. The van der Waals surface area contributed by atoms with Gasteiger partial charge in [-0.2, -0.15) is 0 Å². The molecule has 1 saturated heterocycles. The summed E-state index contributed by atoms with van der Waals surface area (Å²) in [4.78, 5) is 20.9. The fraction of sp³-hybridized carbons (Fsp3) is 0.273. The van der Waals surface area contributed by atoms with E-state index in [1.807, 2.05) is 29.2 Å². The lowest BCUT2D eigenvalue weighted by atomic mass is 10.2. The van der Waals surface area contributed by atoms with Gasteiger partial charge in [0.15, 0.2) is 11.7 Å². The average molecular weight is 458 g/mol. The Balaban J connectivity index is 1.27. The van der Waals surface area contributed by atoms with Crippen LogP contribution in [0.25, 0.3) is 11.3 Å². The van der Waals surface area contributed by atoms with Gasteiger partial charge in [0.05, 0.1) is 6.20 Å². The monoisotopic (exact) mass is 457 g/mol. The van der Waals surface area contributed by atoms with Gasteiger partial charge >= 0.3 is 0 Å². The van der Waals surface area contributed by atoms with E-state index in [1.54, 1.807) is 18.3 Å². The van der Waals surface area contributed by atoms with Crippen molar-refractivity contribution in [3.8, 4) is 11.3 Å². The van der Waals surface area contributed by atoms with E-state index >= 15 is 0 Å². The van der Waals surface area contributed by atoms with Crippen LogP contribution in [0.3, 0.4) is 0 Å². The van der Waals surface area contributed by atoms with Gasteiger partial charge in [0.1, 0.15) is 5.82 Å². The van der Waals surface area contributed by atoms with Crippen molar-refractivity contribution in [2.75, 3.05) is 31.1 Å². The van der Waals surface area contributed by atoms with Crippen LogP contribution >= 0.6 is 15.9 Å². The molecule has 2 heterocycles. The molecule has 1 amide bonds. The van der Waals surface area contributed by atoms with Crippen molar-refractivity contribution < 1.29 is 13.6 Å². The zero-order valence-electron chi connectivity index (χ0n) is 15.9. The topological polar surface area (TPSA) is 49.6 Å². The number of nitrogens with zero attached hydrogens (tertiary/aromatic N) is 3. The number of anilines is 1. The Morgan fingerprint density at radius 1 is 1.03 bits per heavy atom. The SMILES string of the molecule is O=C(CCc1ncc(-c2ccc(Br)cc2)o1)N1CCN(c2ccc(F)cc2)CC1. The summed E-state index contributed by atoms with van der Waals surface area (Å²) in [6, 6.07) is 14.3. The third-order valence-electron chi connectivity index (χ3n) is 5.06. The normalized spacial score (nSPS) is 14.3. The largest absolute Gasteiger partial charge is 0.441 e. The van der Waals surface area contributed by atoms with Crippen molar-refractivity contribution in [3.05, 3.63) is 70.9 Å². The molecular weight excluding hydrogens is 437 g/mol. The first-order valence-corrected chi connectivity index (χ1v) is 10.4. The molecule has 0 saturated carbocycles. The maximum atomic E-state index is 13.1. The molecule has 0 spiro atoms. The highest BCUT2D eigenvalue weighted by Crippen LogP contribution is 2.23. The molecule has 0 radical (unpaired) electrons. The van der Waals surface area contributed by atoms with E-state index in [1.165, 1.54) is 12.1 Å². The van der Waals surface area contributed by atoms with Crippen LogP contribution in [0.15, 0.2) is 63.6 Å². The zero-order chi connectivity index (χ0) is 20.2. The molecule has 2 aromatic carbocycles. The van der Waals surface area contributed by atoms with Crippen LogP contribution in [0.2, 0.25) is 0 Å². The van der Waals surface area contributed by atoms with Crippen LogP contribution in [0.4, 0.5) is 10.1 Å². The zero-order valence-corrected chi connectivity index (χ0v) is 17.4. The molecule has 29 heavy (non-hydrogen) atoms. The minimum Gasteiger partial charge on any atom is -0.441 e. The smallest absolute Gasteiger partial charge is 0.223 e. The highest BCUT2D eigenvalue weighted by Gasteiger charge is 2.21. The first-order valence-electron chi connectivity index (χ1n) is 9.57. The molecular formula is C22H21BrFN3O2. The van der Waals surface area contributed by atoms with Gasteiger partial charge in [0.25, 0.3) is 0 Å². The van der Waals surface area contributed by atoms with Crippen molar-refractivity contribution >= 4 is 27.5 Å². The summed E-state index contributed by atoms with van der Waals surface area (Å²) >= 11 is 3.42. The molecule has 5 nitrogen and oxygen atoms in total. The maximum absolute atomic E-state index is 13.1. The number of halogens is 2. The fourth-order valence-corrected chi connectivity index (χ4v) is 3.68. The van der Waals surface area contributed by atoms with Gasteiger partial charge in [-0.3, -0.25) is 4.79 Å². The standard InChI is InChI=1S/C22H21BrFN3O2/c23-17-3-1-16(2-4-17)20-15-25-21(29-20)9-10-22(28)27-13-11-26(12-14-27)19-7-5-18(24)6-8-19/h1-8,15H,9-14H2. The van der Waals surface area contributed by atoms with Crippen molar-refractivity contribution in [1.82, 2.24) is 9.88 Å². The number of carbonyl (C=O) groups excluding carboxylic acids is 1. The molecule has 0 unspecified atom stereocenters. The number of hydrogen-bond acceptors (Lipinski definition) is 4. The van der Waals surface area contributed by atoms with Crippen LogP contribution in [0.1, 0.15) is 12.3 Å². The lowest BCUT2D eigenvalue weighted by molar-refractivity contribution is -0.131. The number of benzene rings is 2. The summed E-state index contributed by atoms with van der Waals surface area (Å²) in [6.07, 6.45) is 2.55. The van der Waals surface area contributed by atoms with Gasteiger partial charge in [0.2, 0.25) is 5.91 Å². The van der Waals surface area contributed by atoms with Gasteiger partial charge < -0.3 is 14.2 Å². The minimum atomic E-state index is -0.239. The number of hydrogen-bond donors (Lipinski definition) is 0. The van der Waals surface area contributed by atoms with E-state index in [0.29, 0.717) is 37.6 Å². The Hall–Kier alpha value is -2.67. The molecule has 4 rings (SSSR count). The Kier molecular flexibility index (Phi) is 5.94. The Morgan fingerprint density at radius 2 is 1.72 bits per heavy atom. The molecule has 1 aliphatic heterocycles. The second-order valence-electron chi connectivity index (χ2n) is 6.97. The van der Waals surface area contributed by atoms with E-state index in [-0.39, 0.29) is 11.7 Å². The molecule has 1 aliphatic rings. The third-order valence-corrected chi connectivity index (χ3v) is 5.59. The average Bonchev–Trinajstić information content (AvgIpc) is 3.22. The summed E-state index contributed by atoms with van der Waals surface area (Å²) in [5, 5.41) is 0. The summed E-state index contributed by atoms with van der Waals surface area (Å²) in [7, 11) is 0. The van der Waals surface area contributed by atoms with Crippen molar-refractivity contribution in [3.63, 3.8) is 0 Å². The second kappa shape index (κ2) is 8.78. The van der Waals surface area contributed by atoms with Crippen LogP contribution in [0.5, 0.6) is 0 Å². The number of oxazole rings is 1. The Bertz CT molecular complexity index is 964. The predicted molar refractivity (Wildman–Crippen MR) is 113 cm³/mol. The quantitative estimate of drug-likeness (QED) is 0.564. The molecule has 3 aromatic rings. The number of aromatic nitrogens is 1. The number of piperazine rings is 1. The molecule has 0 aliphatic carbocycles. The van der Waals surface area contributed by atoms with Crippen LogP contribution < -0.4 is 4.90 Å². The lowest BCUT2D eigenvalue weighted by Crippen LogP contribution is -2.48. The third kappa shape index (κ3) is 4.85. The molecule has 0 atom stereocenters. The van der Waals surface area contributed by atoms with Crippen molar-refractivity contribution in [2.45, 2.75) is 12.8 Å². The van der Waals surface area contributed by atoms with Gasteiger partial charge in [-0.15, -0.1) is 0 Å². The van der Waals surface area contributed by atoms with E-state index in [4.69, 9.17) is 4.42 Å². The maximum Gasteiger partial charge on any atom is 0.223 e. The number of rotatable bonds is 5. The first kappa shape index (κ1) is 19.6. The summed E-state index contributed by atoms with van der Waals surface area (Å²) in [6.45, 7) is 2.80. The Labute approximate surface area is 177 Å². The Morgan fingerprint density at radius 3 is 2.41 bits per heavy atom. The molecule has 0 N–H and O–H groups in total. The van der Waals surface area contributed by atoms with E-state index in [2.05, 4.69) is 25.8 Å². The van der Waals surface area contributed by atoms with E-state index < -0.39 is 0 Å². The summed E-state index contributed by atoms with van der Waals surface area (Å²) in [5.41, 5.74) is 1.94. The van der Waals surface area contributed by atoms with E-state index in [9.17, 15) is 9.18 Å². The van der Waals surface area contributed by atoms with Crippen LogP contribution in [0, 0.1) is 5.82 Å². The molecule has 1 aromatic heterocycles. The van der Waals surface area contributed by atoms with Gasteiger partial charge in [-0.1, -0.05) is 28.1 Å². The van der Waals surface area contributed by atoms with Crippen LogP contribution in [-0.2, 0) is 11.2 Å². The highest BCUT2D eigenvalue weighted by atomic mass is 79.9. The number of amides is 1. The summed E-state index contributed by atoms with van der Waals surface area (Å²) in [5.74, 6) is 1.14. The van der Waals surface area contributed by atoms with Crippen molar-refractivity contribution in [2.24, 2.45) is 0 Å². The summed E-state index contributed by atoms with van der Waals surface area (Å²) < 4.78 is 19.9. The predicted octanol–water partition coefficient (Wildman–Crippen LogP) is 4.52. The number of carbonyl (C=O) groups is 1. The molecule has 0 bridgehead atoms. The van der Waals surface area contributed by atoms with Gasteiger partial charge in [-0.05, 0) is 36.4 Å². The first-order chi connectivity index (χ1) is 14.1. The molecule has 150 valence electrons. The fourth-order valence-electron chi connectivity index (χ4n) is 3.41. The number of aryl methyl sites for hydroxylation is 1. The molecule has 1 fully saturated rings. The van der Waals surface area contributed by atoms with Crippen LogP contribution in [-0.4, -0.2) is 42.0 Å².